The van der Waals surface area contributed by atoms with Crippen molar-refractivity contribution in [2.45, 2.75) is 78.1 Å². The predicted molar refractivity (Wildman–Crippen MR) is 165 cm³/mol. The Morgan fingerprint density at radius 2 is 1.74 bits per heavy atom. The normalized spacial score (nSPS) is 27.7. The number of rotatable bonds is 5. The first-order valence-corrected chi connectivity index (χ1v) is 15.7. The van der Waals surface area contributed by atoms with Crippen LogP contribution < -0.4 is 14.8 Å². The fourth-order valence-corrected chi connectivity index (χ4v) is 8.48. The molecule has 8 heteroatoms. The Kier molecular flexibility index (Phi) is 7.87. The minimum atomic E-state index is -0.311. The third-order valence-electron chi connectivity index (χ3n) is 10.2. The molecule has 0 unspecified atom stereocenters. The number of ether oxygens (including phenoxy) is 2. The molecule has 0 radical (unpaired) electrons. The summed E-state index contributed by atoms with van der Waals surface area (Å²) < 4.78 is 11.9. The zero-order valence-electron chi connectivity index (χ0n) is 26.1. The molecule has 1 aromatic heterocycles. The maximum absolute atomic E-state index is 13.7. The minimum Gasteiger partial charge on any atom is -0.495 e. The van der Waals surface area contributed by atoms with E-state index in [4.69, 9.17) is 14.5 Å². The van der Waals surface area contributed by atoms with E-state index < -0.39 is 0 Å². The van der Waals surface area contributed by atoms with Crippen LogP contribution in [0.2, 0.25) is 0 Å². The lowest BCUT2D eigenvalue weighted by Gasteiger charge is -2.65. The number of benzene rings is 1. The lowest BCUT2D eigenvalue weighted by atomic mass is 9.49. The van der Waals surface area contributed by atoms with Crippen LogP contribution in [0.3, 0.4) is 0 Å². The van der Waals surface area contributed by atoms with Gasteiger partial charge in [-0.3, -0.25) is 9.69 Å². The van der Waals surface area contributed by atoms with Gasteiger partial charge in [0, 0.05) is 61.1 Å². The third-order valence-corrected chi connectivity index (χ3v) is 10.2. The van der Waals surface area contributed by atoms with E-state index >= 15 is 0 Å². The molecule has 226 valence electrons. The van der Waals surface area contributed by atoms with Crippen LogP contribution in [0.25, 0.3) is 0 Å². The van der Waals surface area contributed by atoms with Crippen molar-refractivity contribution in [1.82, 2.24) is 20.1 Å². The topological polar surface area (TPSA) is 90.7 Å². The zero-order chi connectivity index (χ0) is 30.4. The molecule has 2 aliphatic carbocycles. The van der Waals surface area contributed by atoms with E-state index in [-0.39, 0.29) is 28.9 Å². The second-order valence-corrected chi connectivity index (χ2v) is 13.7. The summed E-state index contributed by atoms with van der Waals surface area (Å²) >= 11 is 0. The van der Waals surface area contributed by atoms with Crippen LogP contribution in [0.1, 0.15) is 80.7 Å². The Labute approximate surface area is 255 Å². The SMILES string of the molecule is COc1cc(O[C@H]2C(C)(C)[C@H](N3Cc4nc(C#C[C@H]5CC[C@H](N6CCNCC6)CC5)ccc4C3=O)C2(C)C)ccc1C#N. The molecule has 3 heterocycles. The van der Waals surface area contributed by atoms with Gasteiger partial charge in [0.05, 0.1) is 30.5 Å². The largest absolute Gasteiger partial charge is 0.495 e. The van der Waals surface area contributed by atoms with Crippen molar-refractivity contribution in [2.24, 2.45) is 16.7 Å². The Bertz CT molecular complexity index is 1470. The molecule has 2 aliphatic heterocycles. The van der Waals surface area contributed by atoms with Crippen molar-refractivity contribution < 1.29 is 14.3 Å². The number of carbonyl (C=O) groups is 1. The lowest BCUT2D eigenvalue weighted by molar-refractivity contribution is -0.199. The van der Waals surface area contributed by atoms with Crippen LogP contribution in [0, 0.1) is 39.9 Å². The van der Waals surface area contributed by atoms with Crippen LogP contribution in [-0.2, 0) is 6.54 Å². The number of nitriles is 1. The second-order valence-electron chi connectivity index (χ2n) is 13.7. The van der Waals surface area contributed by atoms with E-state index in [1.54, 1.807) is 19.2 Å². The molecule has 0 spiro atoms. The van der Waals surface area contributed by atoms with E-state index in [1.165, 1.54) is 12.8 Å². The highest BCUT2D eigenvalue weighted by Gasteiger charge is 2.67. The van der Waals surface area contributed by atoms with E-state index in [9.17, 15) is 10.1 Å². The number of nitrogens with one attached hydrogen (secondary N) is 1. The smallest absolute Gasteiger partial charge is 0.256 e. The number of piperazine rings is 1. The van der Waals surface area contributed by atoms with Crippen molar-refractivity contribution in [1.29, 1.82) is 5.26 Å². The van der Waals surface area contributed by atoms with Gasteiger partial charge in [0.2, 0.25) is 0 Å². The van der Waals surface area contributed by atoms with Gasteiger partial charge in [-0.15, -0.1) is 0 Å². The average molecular weight is 582 g/mol. The summed E-state index contributed by atoms with van der Waals surface area (Å²) in [5, 5.41) is 12.8. The number of carbonyl (C=O) groups excluding carboxylic acids is 1. The van der Waals surface area contributed by atoms with Gasteiger partial charge in [-0.25, -0.2) is 4.98 Å². The highest BCUT2D eigenvalue weighted by atomic mass is 16.5. The number of hydrogen-bond donors (Lipinski definition) is 1. The first-order valence-electron chi connectivity index (χ1n) is 15.7. The fourth-order valence-electron chi connectivity index (χ4n) is 8.48. The Hall–Kier alpha value is -3.59. The van der Waals surface area contributed by atoms with Crippen molar-refractivity contribution >= 4 is 5.91 Å². The number of pyridine rings is 1. The molecule has 1 saturated heterocycles. The number of methoxy groups -OCH3 is 1. The molecule has 43 heavy (non-hydrogen) atoms. The van der Waals surface area contributed by atoms with Crippen molar-refractivity contribution in [2.75, 3.05) is 33.3 Å². The summed E-state index contributed by atoms with van der Waals surface area (Å²) in [4.78, 5) is 23.1. The van der Waals surface area contributed by atoms with E-state index in [0.717, 1.165) is 50.4 Å². The summed E-state index contributed by atoms with van der Waals surface area (Å²) in [5.74, 6) is 8.43. The monoisotopic (exact) mass is 581 g/mol. The third kappa shape index (κ3) is 5.37. The fraction of sp³-hybridized carbons (Fsp3) is 0.571. The van der Waals surface area contributed by atoms with Crippen molar-refractivity contribution in [3.05, 3.63) is 52.8 Å². The zero-order valence-corrected chi connectivity index (χ0v) is 26.1. The quantitative estimate of drug-likeness (QED) is 0.516. The number of aromatic nitrogens is 1. The molecule has 2 aromatic rings. The molecule has 2 saturated carbocycles. The summed E-state index contributed by atoms with van der Waals surface area (Å²) in [6.45, 7) is 13.6. The van der Waals surface area contributed by atoms with E-state index in [2.05, 4.69) is 55.8 Å². The van der Waals surface area contributed by atoms with Crippen LogP contribution in [-0.4, -0.2) is 72.2 Å². The average Bonchev–Trinajstić information content (AvgIpc) is 3.32. The minimum absolute atomic E-state index is 0.0258. The van der Waals surface area contributed by atoms with Crippen molar-refractivity contribution in [3.8, 4) is 29.4 Å². The lowest BCUT2D eigenvalue weighted by Crippen LogP contribution is -2.74. The van der Waals surface area contributed by atoms with Crippen LogP contribution in [0.4, 0.5) is 0 Å². The van der Waals surface area contributed by atoms with Crippen molar-refractivity contribution in [3.63, 3.8) is 0 Å². The molecule has 0 bridgehead atoms. The summed E-state index contributed by atoms with van der Waals surface area (Å²) in [6, 6.07) is 11.9. The molecule has 1 N–H and O–H groups in total. The van der Waals surface area contributed by atoms with Gasteiger partial charge in [0.25, 0.3) is 5.91 Å². The molecule has 0 atom stereocenters. The van der Waals surface area contributed by atoms with Gasteiger partial charge in [-0.05, 0) is 55.9 Å². The molecule has 6 rings (SSSR count). The van der Waals surface area contributed by atoms with Gasteiger partial charge in [0.15, 0.2) is 0 Å². The first-order chi connectivity index (χ1) is 20.6. The van der Waals surface area contributed by atoms with Crippen LogP contribution >= 0.6 is 0 Å². The van der Waals surface area contributed by atoms with Crippen LogP contribution in [0.5, 0.6) is 11.5 Å². The molecule has 1 aromatic carbocycles. The highest BCUT2D eigenvalue weighted by Crippen LogP contribution is 2.59. The van der Waals surface area contributed by atoms with E-state index in [1.807, 2.05) is 23.1 Å². The number of nitrogens with zero attached hydrogens (tertiary/aromatic N) is 4. The van der Waals surface area contributed by atoms with Gasteiger partial charge >= 0.3 is 0 Å². The molecule has 3 fully saturated rings. The number of amides is 1. The summed E-state index contributed by atoms with van der Waals surface area (Å²) in [7, 11) is 1.55. The van der Waals surface area contributed by atoms with Gasteiger partial charge in [-0.1, -0.05) is 33.6 Å². The summed E-state index contributed by atoms with van der Waals surface area (Å²) in [6.07, 6.45) is 4.58. The Morgan fingerprint density at radius 1 is 1.02 bits per heavy atom. The summed E-state index contributed by atoms with van der Waals surface area (Å²) in [5.41, 5.74) is 2.08. The van der Waals surface area contributed by atoms with Gasteiger partial charge < -0.3 is 19.7 Å². The molecule has 4 aliphatic rings. The van der Waals surface area contributed by atoms with Gasteiger partial charge in [-0.2, -0.15) is 5.26 Å². The molecule has 8 nitrogen and oxygen atoms in total. The van der Waals surface area contributed by atoms with E-state index in [0.29, 0.717) is 41.1 Å². The van der Waals surface area contributed by atoms with Crippen LogP contribution in [0.15, 0.2) is 30.3 Å². The maximum Gasteiger partial charge on any atom is 0.256 e. The Morgan fingerprint density at radius 3 is 2.42 bits per heavy atom. The standard InChI is InChI=1S/C35H43N5O3/c1-34(2)32(35(3,4)33(34)43-27-14-9-24(21-36)30(20-27)42-5)40-22-29-28(31(40)41)15-11-25(38-29)10-6-23-7-12-26(13-8-23)39-18-16-37-17-19-39/h9,11,14-15,20,23,26,32-33,37H,7-8,12-13,16-19,22H2,1-5H3/t23-,26-,32-,33-. The Balaban J connectivity index is 1.11. The first kappa shape index (κ1) is 29.5. The second kappa shape index (κ2) is 11.5. The molecular weight excluding hydrogens is 538 g/mol. The molecular formula is C35H43N5O3. The number of hydrogen-bond acceptors (Lipinski definition) is 7. The maximum atomic E-state index is 13.7. The number of fused-ring (bicyclic) bond motifs is 1. The van der Waals surface area contributed by atoms with Gasteiger partial charge in [0.1, 0.15) is 29.4 Å². The highest BCUT2D eigenvalue weighted by molar-refractivity contribution is 5.98. The molecule has 1 amide bonds. The predicted octanol–water partition coefficient (Wildman–Crippen LogP) is 4.62.